The van der Waals surface area contributed by atoms with Crippen LogP contribution in [0.25, 0.3) is 0 Å². The van der Waals surface area contributed by atoms with Crippen molar-refractivity contribution < 1.29 is 23.1 Å². The number of hydrogen-bond acceptors (Lipinski definition) is 4. The van der Waals surface area contributed by atoms with Crippen LogP contribution in [0.15, 0.2) is 18.2 Å². The second-order valence-corrected chi connectivity index (χ2v) is 8.53. The van der Waals surface area contributed by atoms with Gasteiger partial charge in [0.25, 0.3) is 0 Å². The third kappa shape index (κ3) is 9.89. The molecule has 0 saturated heterocycles. The Hall–Kier alpha value is -1.02. The largest absolute Gasteiger partial charge is 0.492 e. The topological polar surface area (TPSA) is 83.9 Å². The van der Waals surface area contributed by atoms with E-state index in [0.29, 0.717) is 35.2 Å². The van der Waals surface area contributed by atoms with Gasteiger partial charge in [-0.15, -0.1) is 0 Å². The van der Waals surface area contributed by atoms with Crippen molar-refractivity contribution in [2.75, 3.05) is 26.0 Å². The Balaban J connectivity index is 2.39. The minimum Gasteiger partial charge on any atom is -0.492 e. The molecule has 0 bridgehead atoms. The van der Waals surface area contributed by atoms with Crippen molar-refractivity contribution in [1.29, 1.82) is 0 Å². The zero-order valence-corrected chi connectivity index (χ0v) is 16.4. The SMILES string of the molecule is CS(=O)(=O)N(CCCCCCC(=O)O)CCOc1cc(Cl)cc(Cl)c1. The first-order valence-corrected chi connectivity index (χ1v) is 10.5. The van der Waals surface area contributed by atoms with Gasteiger partial charge in [-0.2, -0.15) is 4.31 Å². The summed E-state index contributed by atoms with van der Waals surface area (Å²) in [6, 6.07) is 4.81. The predicted molar refractivity (Wildman–Crippen MR) is 99.1 cm³/mol. The molecule has 1 N–H and O–H groups in total. The van der Waals surface area contributed by atoms with E-state index >= 15 is 0 Å². The molecule has 0 spiro atoms. The molecule has 0 aliphatic carbocycles. The van der Waals surface area contributed by atoms with Gasteiger partial charge in [0.1, 0.15) is 12.4 Å². The van der Waals surface area contributed by atoms with Crippen LogP contribution >= 0.6 is 23.2 Å². The summed E-state index contributed by atoms with van der Waals surface area (Å²) < 4.78 is 30.6. The van der Waals surface area contributed by atoms with Crippen LogP contribution in [-0.4, -0.2) is 49.8 Å². The third-order valence-electron chi connectivity index (χ3n) is 3.46. The van der Waals surface area contributed by atoms with Gasteiger partial charge in [0.05, 0.1) is 6.26 Å². The molecule has 9 heteroatoms. The van der Waals surface area contributed by atoms with Crippen molar-refractivity contribution in [1.82, 2.24) is 4.31 Å². The molecule has 0 atom stereocenters. The Morgan fingerprint density at radius 1 is 1.08 bits per heavy atom. The lowest BCUT2D eigenvalue weighted by Gasteiger charge is -2.20. The summed E-state index contributed by atoms with van der Waals surface area (Å²) in [5.41, 5.74) is 0. The number of carboxylic acid groups (broad SMARTS) is 1. The van der Waals surface area contributed by atoms with Crippen LogP contribution in [0, 0.1) is 0 Å². The van der Waals surface area contributed by atoms with Crippen molar-refractivity contribution in [3.05, 3.63) is 28.2 Å². The van der Waals surface area contributed by atoms with Crippen molar-refractivity contribution >= 4 is 39.2 Å². The lowest BCUT2D eigenvalue weighted by atomic mass is 10.1. The molecule has 142 valence electrons. The molecule has 0 unspecified atom stereocenters. The Morgan fingerprint density at radius 3 is 2.24 bits per heavy atom. The van der Waals surface area contributed by atoms with Gasteiger partial charge in [-0.1, -0.05) is 36.0 Å². The minimum atomic E-state index is -3.33. The van der Waals surface area contributed by atoms with E-state index in [0.717, 1.165) is 19.1 Å². The Bertz CT molecular complexity index is 646. The standard InChI is InChI=1S/C16H23Cl2NO5S/c1-25(22,23)19(7-5-3-2-4-6-16(20)21)8-9-24-15-11-13(17)10-14(18)12-15/h10-12H,2-9H2,1H3,(H,20,21). The van der Waals surface area contributed by atoms with E-state index in [2.05, 4.69) is 0 Å². The molecule has 0 aliphatic heterocycles. The number of unbranched alkanes of at least 4 members (excludes halogenated alkanes) is 3. The fourth-order valence-electron chi connectivity index (χ4n) is 2.24. The summed E-state index contributed by atoms with van der Waals surface area (Å²) in [6.07, 6.45) is 4.13. The number of aliphatic carboxylic acids is 1. The first-order chi connectivity index (χ1) is 11.7. The van der Waals surface area contributed by atoms with Crippen molar-refractivity contribution in [2.45, 2.75) is 32.1 Å². The van der Waals surface area contributed by atoms with Crippen LogP contribution in [0.3, 0.4) is 0 Å². The molecule has 0 fully saturated rings. The first-order valence-electron chi connectivity index (χ1n) is 7.94. The van der Waals surface area contributed by atoms with Crippen molar-refractivity contribution in [3.63, 3.8) is 0 Å². The summed E-state index contributed by atoms with van der Waals surface area (Å²) in [5, 5.41) is 9.47. The van der Waals surface area contributed by atoms with E-state index in [4.69, 9.17) is 33.0 Å². The zero-order valence-electron chi connectivity index (χ0n) is 14.1. The number of sulfonamides is 1. The average molecular weight is 412 g/mol. The number of rotatable bonds is 12. The van der Waals surface area contributed by atoms with E-state index in [1.54, 1.807) is 18.2 Å². The quantitative estimate of drug-likeness (QED) is 0.530. The van der Waals surface area contributed by atoms with E-state index in [9.17, 15) is 13.2 Å². The van der Waals surface area contributed by atoms with Gasteiger partial charge < -0.3 is 9.84 Å². The molecule has 1 aromatic rings. The molecule has 25 heavy (non-hydrogen) atoms. The maximum atomic E-state index is 11.8. The van der Waals surface area contributed by atoms with Crippen molar-refractivity contribution in [3.8, 4) is 5.75 Å². The van der Waals surface area contributed by atoms with Gasteiger partial charge in [-0.05, 0) is 31.0 Å². The number of benzene rings is 1. The normalized spacial score (nSPS) is 11.7. The first kappa shape index (κ1) is 22.0. The van der Waals surface area contributed by atoms with Crippen LogP contribution in [0.4, 0.5) is 0 Å². The molecular weight excluding hydrogens is 389 g/mol. The van der Waals surface area contributed by atoms with E-state index in [-0.39, 0.29) is 19.6 Å². The maximum Gasteiger partial charge on any atom is 0.303 e. The summed E-state index contributed by atoms with van der Waals surface area (Å²) >= 11 is 11.8. The summed E-state index contributed by atoms with van der Waals surface area (Å²) in [5.74, 6) is -0.323. The number of halogens is 2. The lowest BCUT2D eigenvalue weighted by Crippen LogP contribution is -2.34. The average Bonchev–Trinajstić information content (AvgIpc) is 2.46. The van der Waals surface area contributed by atoms with E-state index in [1.165, 1.54) is 4.31 Å². The second kappa shape index (κ2) is 10.9. The molecule has 0 aromatic heterocycles. The van der Waals surface area contributed by atoms with Gasteiger partial charge in [0.2, 0.25) is 10.0 Å². The highest BCUT2D eigenvalue weighted by atomic mass is 35.5. The molecule has 0 radical (unpaired) electrons. The fourth-order valence-corrected chi connectivity index (χ4v) is 3.61. The molecule has 0 heterocycles. The molecule has 6 nitrogen and oxygen atoms in total. The van der Waals surface area contributed by atoms with Gasteiger partial charge in [0.15, 0.2) is 0 Å². The fraction of sp³-hybridized carbons (Fsp3) is 0.562. The maximum absolute atomic E-state index is 11.8. The van der Waals surface area contributed by atoms with Crippen LogP contribution in [0.5, 0.6) is 5.75 Å². The number of ether oxygens (including phenoxy) is 1. The molecule has 1 aromatic carbocycles. The van der Waals surface area contributed by atoms with Gasteiger partial charge >= 0.3 is 5.97 Å². The minimum absolute atomic E-state index is 0.145. The van der Waals surface area contributed by atoms with Gasteiger partial charge in [-0.25, -0.2) is 8.42 Å². The highest BCUT2D eigenvalue weighted by molar-refractivity contribution is 7.88. The van der Waals surface area contributed by atoms with Crippen molar-refractivity contribution in [2.24, 2.45) is 0 Å². The predicted octanol–water partition coefficient (Wildman–Crippen LogP) is 3.67. The molecule has 1 rings (SSSR count). The Morgan fingerprint density at radius 2 is 1.68 bits per heavy atom. The Kier molecular flexibility index (Phi) is 9.56. The molecular formula is C16H23Cl2NO5S. The van der Waals surface area contributed by atoms with Gasteiger partial charge in [-0.3, -0.25) is 4.79 Å². The Labute approximate surface area is 158 Å². The smallest absolute Gasteiger partial charge is 0.303 e. The summed E-state index contributed by atoms with van der Waals surface area (Å²) in [4.78, 5) is 10.4. The number of hydrogen-bond donors (Lipinski definition) is 1. The molecule has 0 saturated carbocycles. The molecule has 0 aliphatic rings. The zero-order chi connectivity index (χ0) is 18.9. The third-order valence-corrected chi connectivity index (χ3v) is 5.20. The van der Waals surface area contributed by atoms with Crippen LogP contribution in [0.2, 0.25) is 10.0 Å². The highest BCUT2D eigenvalue weighted by Crippen LogP contribution is 2.24. The number of nitrogens with zero attached hydrogens (tertiary/aromatic N) is 1. The van der Waals surface area contributed by atoms with E-state index < -0.39 is 16.0 Å². The highest BCUT2D eigenvalue weighted by Gasteiger charge is 2.16. The van der Waals surface area contributed by atoms with Crippen LogP contribution in [0.1, 0.15) is 32.1 Å². The van der Waals surface area contributed by atoms with E-state index in [1.807, 2.05) is 0 Å². The number of carbonyl (C=O) groups is 1. The summed E-state index contributed by atoms with van der Waals surface area (Å²) in [7, 11) is -3.33. The lowest BCUT2D eigenvalue weighted by molar-refractivity contribution is -0.137. The number of carboxylic acids is 1. The molecule has 0 amide bonds. The van der Waals surface area contributed by atoms with Crippen LogP contribution in [-0.2, 0) is 14.8 Å². The second-order valence-electron chi connectivity index (χ2n) is 5.67. The van der Waals surface area contributed by atoms with Gasteiger partial charge in [0, 0.05) is 29.6 Å². The monoisotopic (exact) mass is 411 g/mol. The summed E-state index contributed by atoms with van der Waals surface area (Å²) in [6.45, 7) is 0.784. The van der Waals surface area contributed by atoms with Crippen LogP contribution < -0.4 is 4.74 Å².